The monoisotopic (exact) mass is 323 g/mol. The quantitative estimate of drug-likeness (QED) is 0.858. The third-order valence-electron chi connectivity index (χ3n) is 4.46. The first-order valence-corrected chi connectivity index (χ1v) is 7.75. The normalized spacial score (nSPS) is 26.3. The highest BCUT2D eigenvalue weighted by Crippen LogP contribution is 2.37. The van der Waals surface area contributed by atoms with Gasteiger partial charge in [-0.15, -0.1) is 0 Å². The summed E-state index contributed by atoms with van der Waals surface area (Å²) in [5, 5.41) is 9.89. The molecule has 2 fully saturated rings. The van der Waals surface area contributed by atoms with Crippen LogP contribution in [0.5, 0.6) is 5.75 Å². The smallest absolute Gasteiger partial charge is 0.257 e. The minimum absolute atomic E-state index is 0.0202. The zero-order valence-corrected chi connectivity index (χ0v) is 12.4. The van der Waals surface area contributed by atoms with Gasteiger partial charge in [-0.25, -0.2) is 0 Å². The standard InChI is InChI=1S/C15H18BrNO2/c16-11-5-6-14(18)12(9-11)15(19)17-8-7-10-3-1-2-4-13(10)17/h5-6,9-10,13,18H,1-4,7-8H2. The number of hydrogen-bond donors (Lipinski definition) is 1. The van der Waals surface area contributed by atoms with Crippen LogP contribution in [0.1, 0.15) is 42.5 Å². The van der Waals surface area contributed by atoms with Gasteiger partial charge in [-0.3, -0.25) is 4.79 Å². The average molecular weight is 324 g/mol. The molecule has 19 heavy (non-hydrogen) atoms. The molecule has 3 nitrogen and oxygen atoms in total. The Morgan fingerprint density at radius 1 is 1.26 bits per heavy atom. The van der Waals surface area contributed by atoms with E-state index in [-0.39, 0.29) is 11.7 Å². The molecule has 0 radical (unpaired) electrons. The van der Waals surface area contributed by atoms with Crippen molar-refractivity contribution in [3.8, 4) is 5.75 Å². The Morgan fingerprint density at radius 3 is 2.89 bits per heavy atom. The van der Waals surface area contributed by atoms with Crippen molar-refractivity contribution in [3.05, 3.63) is 28.2 Å². The van der Waals surface area contributed by atoms with Gasteiger partial charge in [-0.05, 0) is 43.4 Å². The first-order chi connectivity index (χ1) is 9.16. The summed E-state index contributed by atoms with van der Waals surface area (Å²) in [5.41, 5.74) is 0.417. The zero-order valence-electron chi connectivity index (χ0n) is 10.8. The fourth-order valence-corrected chi connectivity index (χ4v) is 3.85. The van der Waals surface area contributed by atoms with E-state index < -0.39 is 0 Å². The maximum absolute atomic E-state index is 12.6. The first-order valence-electron chi connectivity index (χ1n) is 6.96. The predicted octanol–water partition coefficient (Wildman–Crippen LogP) is 3.56. The summed E-state index contributed by atoms with van der Waals surface area (Å²) < 4.78 is 0.827. The molecule has 1 saturated carbocycles. The number of rotatable bonds is 1. The lowest BCUT2D eigenvalue weighted by Gasteiger charge is -2.31. The lowest BCUT2D eigenvalue weighted by Crippen LogP contribution is -2.39. The number of likely N-dealkylation sites (tertiary alicyclic amines) is 1. The van der Waals surface area contributed by atoms with Gasteiger partial charge in [0.05, 0.1) is 5.56 Å². The number of hydrogen-bond acceptors (Lipinski definition) is 2. The molecule has 2 aliphatic rings. The third kappa shape index (κ3) is 2.38. The molecule has 0 aromatic heterocycles. The first kappa shape index (κ1) is 13.0. The zero-order chi connectivity index (χ0) is 13.4. The van der Waals surface area contributed by atoms with Crippen LogP contribution in [0.25, 0.3) is 0 Å². The molecular weight excluding hydrogens is 306 g/mol. The minimum Gasteiger partial charge on any atom is -0.507 e. The van der Waals surface area contributed by atoms with Crippen LogP contribution in [0.15, 0.2) is 22.7 Å². The number of aromatic hydroxyl groups is 1. The average Bonchev–Trinajstić information content (AvgIpc) is 2.84. The molecular formula is C15H18BrNO2. The van der Waals surface area contributed by atoms with Crippen LogP contribution in [0.3, 0.4) is 0 Å². The van der Waals surface area contributed by atoms with E-state index in [4.69, 9.17) is 0 Å². The van der Waals surface area contributed by atoms with Crippen molar-refractivity contribution >= 4 is 21.8 Å². The van der Waals surface area contributed by atoms with Gasteiger partial charge in [0.1, 0.15) is 5.75 Å². The van der Waals surface area contributed by atoms with Gasteiger partial charge in [0.15, 0.2) is 0 Å². The Labute approximate surface area is 121 Å². The Bertz CT molecular complexity index is 503. The van der Waals surface area contributed by atoms with E-state index in [1.54, 1.807) is 18.2 Å². The molecule has 1 aliphatic carbocycles. The number of amides is 1. The maximum Gasteiger partial charge on any atom is 0.257 e. The van der Waals surface area contributed by atoms with Crippen molar-refractivity contribution in [2.24, 2.45) is 5.92 Å². The van der Waals surface area contributed by atoms with Crippen LogP contribution in [-0.2, 0) is 0 Å². The van der Waals surface area contributed by atoms with Gasteiger partial charge in [-0.1, -0.05) is 28.8 Å². The van der Waals surface area contributed by atoms with Crippen LogP contribution in [0, 0.1) is 5.92 Å². The predicted molar refractivity (Wildman–Crippen MR) is 77.2 cm³/mol. The summed E-state index contributed by atoms with van der Waals surface area (Å²) in [6.07, 6.45) is 6.00. The number of benzene rings is 1. The molecule has 3 rings (SSSR count). The lowest BCUT2D eigenvalue weighted by atomic mass is 9.85. The Balaban J connectivity index is 1.85. The van der Waals surface area contributed by atoms with E-state index in [1.807, 2.05) is 4.90 Å². The van der Waals surface area contributed by atoms with Crippen LogP contribution < -0.4 is 0 Å². The molecule has 2 unspecified atom stereocenters. The number of nitrogens with zero attached hydrogens (tertiary/aromatic N) is 1. The molecule has 1 amide bonds. The molecule has 102 valence electrons. The highest BCUT2D eigenvalue weighted by Gasteiger charge is 2.38. The van der Waals surface area contributed by atoms with Gasteiger partial charge in [0.25, 0.3) is 5.91 Å². The fourth-order valence-electron chi connectivity index (χ4n) is 3.49. The van der Waals surface area contributed by atoms with Crippen molar-refractivity contribution in [1.82, 2.24) is 4.90 Å². The highest BCUT2D eigenvalue weighted by molar-refractivity contribution is 9.10. The Morgan fingerprint density at radius 2 is 2.05 bits per heavy atom. The summed E-state index contributed by atoms with van der Waals surface area (Å²) in [4.78, 5) is 14.6. The lowest BCUT2D eigenvalue weighted by molar-refractivity contribution is 0.0687. The van der Waals surface area contributed by atoms with Crippen LogP contribution in [-0.4, -0.2) is 28.5 Å². The second-order valence-corrected chi connectivity index (χ2v) is 6.48. The molecule has 1 saturated heterocycles. The molecule has 1 heterocycles. The third-order valence-corrected chi connectivity index (χ3v) is 4.95. The number of halogens is 1. The van der Waals surface area contributed by atoms with Gasteiger partial charge in [0, 0.05) is 17.1 Å². The van der Waals surface area contributed by atoms with Gasteiger partial charge in [0.2, 0.25) is 0 Å². The van der Waals surface area contributed by atoms with Gasteiger partial charge >= 0.3 is 0 Å². The molecule has 1 aromatic rings. The van der Waals surface area contributed by atoms with E-state index in [0.717, 1.165) is 23.9 Å². The van der Waals surface area contributed by atoms with Crippen LogP contribution >= 0.6 is 15.9 Å². The van der Waals surface area contributed by atoms with Crippen LogP contribution in [0.2, 0.25) is 0 Å². The molecule has 1 aromatic carbocycles. The largest absolute Gasteiger partial charge is 0.507 e. The Hall–Kier alpha value is -1.03. The van der Waals surface area contributed by atoms with Crippen molar-refractivity contribution < 1.29 is 9.90 Å². The van der Waals surface area contributed by atoms with E-state index in [9.17, 15) is 9.90 Å². The van der Waals surface area contributed by atoms with Crippen LogP contribution in [0.4, 0.5) is 0 Å². The van der Waals surface area contributed by atoms with Crippen molar-refractivity contribution in [3.63, 3.8) is 0 Å². The molecule has 1 N–H and O–H groups in total. The topological polar surface area (TPSA) is 40.5 Å². The number of carbonyl (C=O) groups is 1. The number of fused-ring (bicyclic) bond motifs is 1. The Kier molecular flexibility index (Phi) is 3.52. The number of phenolic OH excluding ortho intramolecular Hbond substituents is 1. The summed E-state index contributed by atoms with van der Waals surface area (Å²) in [6.45, 7) is 0.833. The van der Waals surface area contributed by atoms with Gasteiger partial charge in [-0.2, -0.15) is 0 Å². The summed E-state index contributed by atoms with van der Waals surface area (Å²) >= 11 is 3.36. The highest BCUT2D eigenvalue weighted by atomic mass is 79.9. The number of phenols is 1. The molecule has 4 heteroatoms. The van der Waals surface area contributed by atoms with E-state index in [0.29, 0.717) is 17.5 Å². The number of carbonyl (C=O) groups excluding carboxylic acids is 1. The maximum atomic E-state index is 12.6. The summed E-state index contributed by atoms with van der Waals surface area (Å²) in [5.74, 6) is 0.729. The molecule has 2 atom stereocenters. The second-order valence-electron chi connectivity index (χ2n) is 5.56. The van der Waals surface area contributed by atoms with E-state index >= 15 is 0 Å². The van der Waals surface area contributed by atoms with E-state index in [2.05, 4.69) is 15.9 Å². The summed E-state index contributed by atoms with van der Waals surface area (Å²) in [6, 6.07) is 5.43. The van der Waals surface area contributed by atoms with Gasteiger partial charge < -0.3 is 10.0 Å². The SMILES string of the molecule is O=C(c1cc(Br)ccc1O)N1CCC2CCCCC21. The molecule has 1 aliphatic heterocycles. The van der Waals surface area contributed by atoms with E-state index in [1.165, 1.54) is 19.3 Å². The second kappa shape index (κ2) is 5.16. The van der Waals surface area contributed by atoms with Crippen molar-refractivity contribution in [2.75, 3.05) is 6.54 Å². The summed E-state index contributed by atoms with van der Waals surface area (Å²) in [7, 11) is 0. The van der Waals surface area contributed by atoms with Crippen molar-refractivity contribution in [1.29, 1.82) is 0 Å². The molecule has 0 bridgehead atoms. The van der Waals surface area contributed by atoms with Crippen molar-refractivity contribution in [2.45, 2.75) is 38.1 Å². The fraction of sp³-hybridized carbons (Fsp3) is 0.533. The minimum atomic E-state index is -0.0202. The molecule has 0 spiro atoms.